The summed E-state index contributed by atoms with van der Waals surface area (Å²) in [5.74, 6) is -0.637. The Bertz CT molecular complexity index is 722. The van der Waals surface area contributed by atoms with Gasteiger partial charge in [0.05, 0.1) is 11.3 Å². The molecule has 0 spiro atoms. The number of anilines is 1. The van der Waals surface area contributed by atoms with Crippen LogP contribution >= 0.6 is 11.3 Å². The van der Waals surface area contributed by atoms with Crippen molar-refractivity contribution in [1.82, 2.24) is 4.98 Å². The molecular weight excluding hydrogens is 288 g/mol. The highest BCUT2D eigenvalue weighted by molar-refractivity contribution is 7.86. The molecule has 8 heteroatoms. The van der Waals surface area contributed by atoms with Crippen molar-refractivity contribution in [3.8, 4) is 0 Å². The molecule has 0 fully saturated rings. The summed E-state index contributed by atoms with van der Waals surface area (Å²) in [4.78, 5) is 15.6. The topological polar surface area (TPSA) is 96.4 Å². The van der Waals surface area contributed by atoms with Gasteiger partial charge in [-0.1, -0.05) is 12.1 Å². The molecule has 0 aliphatic heterocycles. The van der Waals surface area contributed by atoms with Gasteiger partial charge in [0.1, 0.15) is 4.90 Å². The van der Waals surface area contributed by atoms with Crippen LogP contribution in [0.15, 0.2) is 34.5 Å². The highest BCUT2D eigenvalue weighted by atomic mass is 32.2. The van der Waals surface area contributed by atoms with Crippen LogP contribution in [0.1, 0.15) is 16.1 Å². The Morgan fingerprint density at radius 2 is 2.05 bits per heavy atom. The zero-order valence-corrected chi connectivity index (χ0v) is 11.5. The van der Waals surface area contributed by atoms with E-state index in [1.54, 1.807) is 12.3 Å². The first kappa shape index (κ1) is 13.7. The molecule has 0 unspecified atom stereocenters. The van der Waals surface area contributed by atoms with Gasteiger partial charge < -0.3 is 0 Å². The maximum Gasteiger partial charge on any atom is 0.295 e. The number of carbonyl (C=O) groups excluding carboxylic acids is 1. The lowest BCUT2D eigenvalue weighted by molar-refractivity contribution is 0.102. The van der Waals surface area contributed by atoms with Gasteiger partial charge in [-0.15, -0.1) is 11.3 Å². The third-order valence-corrected chi connectivity index (χ3v) is 4.04. The SMILES string of the molecule is Cc1csc(NC(=O)c2ccccc2S(=O)(=O)O)n1. The van der Waals surface area contributed by atoms with Crippen LogP contribution in [-0.2, 0) is 10.1 Å². The van der Waals surface area contributed by atoms with E-state index in [2.05, 4.69) is 10.3 Å². The van der Waals surface area contributed by atoms with E-state index in [1.807, 2.05) is 0 Å². The minimum atomic E-state index is -4.44. The van der Waals surface area contributed by atoms with Gasteiger partial charge in [0.25, 0.3) is 16.0 Å². The van der Waals surface area contributed by atoms with Gasteiger partial charge in [-0.25, -0.2) is 4.98 Å². The summed E-state index contributed by atoms with van der Waals surface area (Å²) in [6, 6.07) is 5.42. The number of benzene rings is 1. The number of carbonyl (C=O) groups is 1. The summed E-state index contributed by atoms with van der Waals surface area (Å²) in [5, 5.41) is 4.61. The van der Waals surface area contributed by atoms with E-state index < -0.39 is 20.9 Å². The van der Waals surface area contributed by atoms with Crippen LogP contribution < -0.4 is 5.32 Å². The minimum absolute atomic E-state index is 0.127. The van der Waals surface area contributed by atoms with Crippen LogP contribution in [0.4, 0.5) is 5.13 Å². The number of nitrogens with one attached hydrogen (secondary N) is 1. The predicted octanol–water partition coefficient (Wildman–Crippen LogP) is 1.95. The molecule has 1 aromatic carbocycles. The molecule has 19 heavy (non-hydrogen) atoms. The highest BCUT2D eigenvalue weighted by Gasteiger charge is 2.20. The first-order valence-electron chi connectivity index (χ1n) is 5.18. The molecule has 6 nitrogen and oxygen atoms in total. The number of rotatable bonds is 3. The smallest absolute Gasteiger partial charge is 0.295 e. The lowest BCUT2D eigenvalue weighted by Crippen LogP contribution is -2.16. The summed E-state index contributed by atoms with van der Waals surface area (Å²) in [6.45, 7) is 1.78. The Morgan fingerprint density at radius 3 is 2.63 bits per heavy atom. The molecule has 0 saturated heterocycles. The molecule has 0 aliphatic rings. The van der Waals surface area contributed by atoms with Gasteiger partial charge in [-0.2, -0.15) is 8.42 Å². The number of thiazole rings is 1. The van der Waals surface area contributed by atoms with Crippen LogP contribution in [0.2, 0.25) is 0 Å². The number of aryl methyl sites for hydroxylation is 1. The molecule has 0 atom stereocenters. The zero-order chi connectivity index (χ0) is 14.0. The van der Waals surface area contributed by atoms with Crippen molar-refractivity contribution in [2.24, 2.45) is 0 Å². The number of nitrogens with zero attached hydrogens (tertiary/aromatic N) is 1. The third-order valence-electron chi connectivity index (χ3n) is 2.25. The lowest BCUT2D eigenvalue weighted by Gasteiger charge is -2.06. The number of hydrogen-bond acceptors (Lipinski definition) is 5. The fourth-order valence-electron chi connectivity index (χ4n) is 1.46. The van der Waals surface area contributed by atoms with E-state index in [0.29, 0.717) is 5.13 Å². The maximum absolute atomic E-state index is 12.0. The van der Waals surface area contributed by atoms with Crippen LogP contribution in [-0.4, -0.2) is 23.9 Å². The summed E-state index contributed by atoms with van der Waals surface area (Å²) in [6.07, 6.45) is 0. The molecule has 100 valence electrons. The number of hydrogen-bond donors (Lipinski definition) is 2. The monoisotopic (exact) mass is 298 g/mol. The number of amides is 1. The maximum atomic E-state index is 12.0. The van der Waals surface area contributed by atoms with Crippen LogP contribution in [0, 0.1) is 6.92 Å². The van der Waals surface area contributed by atoms with Crippen LogP contribution in [0.25, 0.3) is 0 Å². The molecule has 0 radical (unpaired) electrons. The Morgan fingerprint density at radius 1 is 1.37 bits per heavy atom. The Kier molecular flexibility index (Phi) is 3.65. The first-order valence-corrected chi connectivity index (χ1v) is 7.50. The van der Waals surface area contributed by atoms with Gasteiger partial charge >= 0.3 is 0 Å². The summed E-state index contributed by atoms with van der Waals surface area (Å²) in [5.41, 5.74) is 0.626. The van der Waals surface area contributed by atoms with Crippen molar-refractivity contribution in [2.45, 2.75) is 11.8 Å². The normalized spacial score (nSPS) is 11.3. The van der Waals surface area contributed by atoms with E-state index in [-0.39, 0.29) is 5.56 Å². The van der Waals surface area contributed by atoms with Crippen molar-refractivity contribution in [3.05, 3.63) is 40.9 Å². The van der Waals surface area contributed by atoms with Crippen LogP contribution in [0.3, 0.4) is 0 Å². The average Bonchev–Trinajstić information content (AvgIpc) is 2.73. The van der Waals surface area contributed by atoms with E-state index in [0.717, 1.165) is 11.8 Å². The second-order valence-electron chi connectivity index (χ2n) is 3.72. The highest BCUT2D eigenvalue weighted by Crippen LogP contribution is 2.19. The second-order valence-corrected chi connectivity index (χ2v) is 5.97. The standard InChI is InChI=1S/C11H10N2O4S2/c1-7-6-18-11(12-7)13-10(14)8-4-2-3-5-9(8)19(15,16)17/h2-6H,1H3,(H,12,13,14)(H,15,16,17). The van der Waals surface area contributed by atoms with Crippen molar-refractivity contribution in [3.63, 3.8) is 0 Å². The van der Waals surface area contributed by atoms with Crippen molar-refractivity contribution >= 4 is 32.5 Å². The van der Waals surface area contributed by atoms with Gasteiger partial charge in [-0.3, -0.25) is 14.7 Å². The minimum Gasteiger partial charge on any atom is -0.298 e. The molecule has 2 aromatic rings. The quantitative estimate of drug-likeness (QED) is 0.844. The summed E-state index contributed by atoms with van der Waals surface area (Å²) in [7, 11) is -4.44. The van der Waals surface area contributed by atoms with Gasteiger partial charge in [0, 0.05) is 5.38 Å². The van der Waals surface area contributed by atoms with Crippen molar-refractivity contribution in [1.29, 1.82) is 0 Å². The summed E-state index contributed by atoms with van der Waals surface area (Å²) < 4.78 is 31.4. The molecular formula is C11H10N2O4S2. The van der Waals surface area contributed by atoms with Gasteiger partial charge in [0.15, 0.2) is 5.13 Å². The van der Waals surface area contributed by atoms with Gasteiger partial charge in [0.2, 0.25) is 0 Å². The third kappa shape index (κ3) is 3.16. The molecule has 1 amide bonds. The van der Waals surface area contributed by atoms with Crippen molar-refractivity contribution in [2.75, 3.05) is 5.32 Å². The molecule has 0 aliphatic carbocycles. The molecule has 1 aromatic heterocycles. The van der Waals surface area contributed by atoms with Crippen molar-refractivity contribution < 1.29 is 17.8 Å². The predicted molar refractivity (Wildman–Crippen MR) is 71.1 cm³/mol. The van der Waals surface area contributed by atoms with Crippen LogP contribution in [0.5, 0.6) is 0 Å². The molecule has 0 bridgehead atoms. The zero-order valence-electron chi connectivity index (χ0n) is 9.82. The van der Waals surface area contributed by atoms with E-state index >= 15 is 0 Å². The Hall–Kier alpha value is -1.77. The summed E-state index contributed by atoms with van der Waals surface area (Å²) >= 11 is 1.23. The lowest BCUT2D eigenvalue weighted by atomic mass is 10.2. The largest absolute Gasteiger partial charge is 0.298 e. The van der Waals surface area contributed by atoms with E-state index in [1.165, 1.54) is 29.5 Å². The Labute approximate surface area is 113 Å². The van der Waals surface area contributed by atoms with Gasteiger partial charge in [-0.05, 0) is 19.1 Å². The molecule has 1 heterocycles. The van der Waals surface area contributed by atoms with E-state index in [9.17, 15) is 13.2 Å². The van der Waals surface area contributed by atoms with E-state index in [4.69, 9.17) is 4.55 Å². The molecule has 2 rings (SSSR count). The molecule has 2 N–H and O–H groups in total. The fraction of sp³-hybridized carbons (Fsp3) is 0.0909. The Balaban J connectivity index is 2.35. The second kappa shape index (κ2) is 5.08. The first-order chi connectivity index (χ1) is 8.88. The average molecular weight is 298 g/mol. The number of aromatic nitrogens is 1. The fourth-order valence-corrected chi connectivity index (χ4v) is 2.83. The molecule has 0 saturated carbocycles.